The van der Waals surface area contributed by atoms with Gasteiger partial charge < -0.3 is 0 Å². The molecule has 4 heterocycles. The Morgan fingerprint density at radius 2 is 1.70 bits per heavy atom. The van der Waals surface area contributed by atoms with Gasteiger partial charge in [-0.2, -0.15) is 0 Å². The zero-order valence-electron chi connectivity index (χ0n) is 12.1. The number of benzene rings is 1. The lowest BCUT2D eigenvalue weighted by molar-refractivity contribution is 1.31. The van der Waals surface area contributed by atoms with Crippen LogP contribution in [0.15, 0.2) is 67.1 Å². The first-order valence-corrected chi connectivity index (χ1v) is 8.19. The smallest absolute Gasteiger partial charge is 0.0980 e. The van der Waals surface area contributed by atoms with E-state index in [9.17, 15) is 0 Å². The van der Waals surface area contributed by atoms with Gasteiger partial charge in [0.1, 0.15) is 0 Å². The number of pyridine rings is 3. The summed E-state index contributed by atoms with van der Waals surface area (Å²) >= 11 is 1.80. The Kier molecular flexibility index (Phi) is 2.66. The molecule has 23 heavy (non-hydrogen) atoms. The lowest BCUT2D eigenvalue weighted by Crippen LogP contribution is -1.89. The first-order valence-electron chi connectivity index (χ1n) is 7.37. The quantitative estimate of drug-likeness (QED) is 0.434. The fraction of sp³-hybridized carbons (Fsp3) is 0. The first kappa shape index (κ1) is 12.7. The molecule has 0 aliphatic carbocycles. The summed E-state index contributed by atoms with van der Waals surface area (Å²) in [5, 5.41) is 2.48. The summed E-state index contributed by atoms with van der Waals surface area (Å²) in [5.74, 6) is 0. The van der Waals surface area contributed by atoms with E-state index in [1.807, 2.05) is 30.6 Å². The summed E-state index contributed by atoms with van der Waals surface area (Å²) in [6.07, 6.45) is 5.58. The van der Waals surface area contributed by atoms with Gasteiger partial charge in [-0.1, -0.05) is 18.2 Å². The second kappa shape index (κ2) is 4.83. The van der Waals surface area contributed by atoms with Crippen LogP contribution in [0.3, 0.4) is 0 Å². The second-order valence-electron chi connectivity index (χ2n) is 5.39. The van der Waals surface area contributed by atoms with Crippen molar-refractivity contribution in [3.05, 3.63) is 67.1 Å². The third-order valence-corrected chi connectivity index (χ3v) is 5.17. The first-order chi connectivity index (χ1) is 11.4. The highest BCUT2D eigenvalue weighted by Gasteiger charge is 2.10. The van der Waals surface area contributed by atoms with Crippen LogP contribution in [0, 0.1) is 0 Å². The summed E-state index contributed by atoms with van der Waals surface area (Å²) in [6.45, 7) is 0. The van der Waals surface area contributed by atoms with Gasteiger partial charge in [0.15, 0.2) is 0 Å². The standard InChI is InChI=1S/C19H11N3S/c1-2-6-17-12(4-1)14-11-22-16(10-18(14)23-17)13-7-9-20-15-5-3-8-21-19(13)15/h1-11H. The van der Waals surface area contributed by atoms with E-state index >= 15 is 0 Å². The topological polar surface area (TPSA) is 38.7 Å². The van der Waals surface area contributed by atoms with Crippen LogP contribution in [0.2, 0.25) is 0 Å². The lowest BCUT2D eigenvalue weighted by Gasteiger charge is -2.04. The molecule has 4 aromatic heterocycles. The van der Waals surface area contributed by atoms with Crippen LogP contribution >= 0.6 is 11.3 Å². The summed E-state index contributed by atoms with van der Waals surface area (Å²) in [4.78, 5) is 13.5. The highest BCUT2D eigenvalue weighted by molar-refractivity contribution is 7.25. The molecule has 0 atom stereocenters. The molecule has 108 valence electrons. The fourth-order valence-corrected chi connectivity index (χ4v) is 4.07. The minimum atomic E-state index is 0.892. The van der Waals surface area contributed by atoms with Crippen LogP contribution in [0.25, 0.3) is 42.5 Å². The number of hydrogen-bond donors (Lipinski definition) is 0. The van der Waals surface area contributed by atoms with Crippen molar-refractivity contribution in [2.45, 2.75) is 0 Å². The predicted molar refractivity (Wildman–Crippen MR) is 95.7 cm³/mol. The second-order valence-corrected chi connectivity index (χ2v) is 6.48. The van der Waals surface area contributed by atoms with Gasteiger partial charge in [0.2, 0.25) is 0 Å². The van der Waals surface area contributed by atoms with Gasteiger partial charge in [-0.25, -0.2) is 0 Å². The molecule has 0 fully saturated rings. The summed E-state index contributed by atoms with van der Waals surface area (Å²) in [7, 11) is 0. The van der Waals surface area contributed by atoms with Gasteiger partial charge in [-0.05, 0) is 30.3 Å². The van der Waals surface area contributed by atoms with Gasteiger partial charge in [0.05, 0.1) is 16.7 Å². The molecule has 0 saturated carbocycles. The molecular weight excluding hydrogens is 302 g/mol. The number of thiophene rings is 1. The monoisotopic (exact) mass is 313 g/mol. The third kappa shape index (κ3) is 1.92. The molecule has 3 nitrogen and oxygen atoms in total. The summed E-state index contributed by atoms with van der Waals surface area (Å²) in [5.41, 5.74) is 3.75. The van der Waals surface area contributed by atoms with Crippen molar-refractivity contribution < 1.29 is 0 Å². The maximum Gasteiger partial charge on any atom is 0.0980 e. The molecule has 0 aliphatic heterocycles. The maximum absolute atomic E-state index is 4.69. The molecule has 0 unspecified atom stereocenters. The Morgan fingerprint density at radius 3 is 2.70 bits per heavy atom. The van der Waals surface area contributed by atoms with E-state index < -0.39 is 0 Å². The third-order valence-electron chi connectivity index (χ3n) is 4.04. The lowest BCUT2D eigenvalue weighted by atomic mass is 10.1. The largest absolute Gasteiger partial charge is 0.255 e. The SMILES string of the molecule is c1cnc2c(-c3cc4sc5ccccc5c4cn3)ccnc2c1. The molecule has 0 aliphatic rings. The fourth-order valence-electron chi connectivity index (χ4n) is 2.95. The molecule has 0 amide bonds. The van der Waals surface area contributed by atoms with E-state index in [4.69, 9.17) is 0 Å². The van der Waals surface area contributed by atoms with Crippen LogP contribution < -0.4 is 0 Å². The molecule has 0 radical (unpaired) electrons. The van der Waals surface area contributed by atoms with E-state index in [1.54, 1.807) is 17.5 Å². The van der Waals surface area contributed by atoms with Crippen molar-refractivity contribution in [1.29, 1.82) is 0 Å². The van der Waals surface area contributed by atoms with Gasteiger partial charge in [0.25, 0.3) is 0 Å². The van der Waals surface area contributed by atoms with E-state index in [2.05, 4.69) is 45.3 Å². The average molecular weight is 313 g/mol. The zero-order valence-corrected chi connectivity index (χ0v) is 12.9. The van der Waals surface area contributed by atoms with Crippen LogP contribution in [-0.4, -0.2) is 15.0 Å². The Labute approximate surface area is 136 Å². The molecule has 0 bridgehead atoms. The Hall–Kier alpha value is -2.85. The van der Waals surface area contributed by atoms with Crippen LogP contribution in [0.4, 0.5) is 0 Å². The minimum absolute atomic E-state index is 0.892. The van der Waals surface area contributed by atoms with Crippen LogP contribution in [0.5, 0.6) is 0 Å². The molecule has 1 aromatic carbocycles. The van der Waals surface area contributed by atoms with E-state index in [1.165, 1.54) is 20.2 Å². The molecule has 4 heteroatoms. The molecule has 0 spiro atoms. The van der Waals surface area contributed by atoms with Gasteiger partial charge in [-0.3, -0.25) is 15.0 Å². The van der Waals surface area contributed by atoms with Crippen molar-refractivity contribution >= 4 is 42.5 Å². The zero-order chi connectivity index (χ0) is 15.2. The molecule has 0 saturated heterocycles. The summed E-state index contributed by atoms with van der Waals surface area (Å²) < 4.78 is 2.54. The van der Waals surface area contributed by atoms with Crippen molar-refractivity contribution in [3.8, 4) is 11.3 Å². The Morgan fingerprint density at radius 1 is 0.739 bits per heavy atom. The maximum atomic E-state index is 4.69. The van der Waals surface area contributed by atoms with E-state index in [0.717, 1.165) is 22.3 Å². The minimum Gasteiger partial charge on any atom is -0.255 e. The van der Waals surface area contributed by atoms with Crippen molar-refractivity contribution in [2.24, 2.45) is 0 Å². The van der Waals surface area contributed by atoms with Gasteiger partial charge in [-0.15, -0.1) is 11.3 Å². The molecule has 5 aromatic rings. The molecule has 5 rings (SSSR count). The van der Waals surface area contributed by atoms with E-state index in [-0.39, 0.29) is 0 Å². The van der Waals surface area contributed by atoms with Crippen molar-refractivity contribution in [1.82, 2.24) is 15.0 Å². The van der Waals surface area contributed by atoms with Crippen molar-refractivity contribution in [3.63, 3.8) is 0 Å². The number of aromatic nitrogens is 3. The highest BCUT2D eigenvalue weighted by Crippen LogP contribution is 2.35. The van der Waals surface area contributed by atoms with Crippen LogP contribution in [0.1, 0.15) is 0 Å². The van der Waals surface area contributed by atoms with Gasteiger partial charge in [0, 0.05) is 44.3 Å². The normalized spacial score (nSPS) is 11.5. The number of hydrogen-bond acceptors (Lipinski definition) is 4. The Bertz CT molecular complexity index is 1170. The summed E-state index contributed by atoms with van der Waals surface area (Å²) in [6, 6.07) is 16.5. The molecular formula is C19H11N3S. The van der Waals surface area contributed by atoms with Crippen LogP contribution in [-0.2, 0) is 0 Å². The number of rotatable bonds is 1. The van der Waals surface area contributed by atoms with Crippen molar-refractivity contribution in [2.75, 3.05) is 0 Å². The Balaban J connectivity index is 1.81. The van der Waals surface area contributed by atoms with E-state index in [0.29, 0.717) is 0 Å². The van der Waals surface area contributed by atoms with Gasteiger partial charge >= 0.3 is 0 Å². The highest BCUT2D eigenvalue weighted by atomic mass is 32.1. The predicted octanol–water partition coefficient (Wildman–Crippen LogP) is 5.06. The molecule has 0 N–H and O–H groups in total. The average Bonchev–Trinajstić information content (AvgIpc) is 2.99. The number of fused-ring (bicyclic) bond motifs is 4. The number of nitrogens with zero attached hydrogens (tertiary/aromatic N) is 3.